The summed E-state index contributed by atoms with van der Waals surface area (Å²) in [6.45, 7) is 4.38. The lowest BCUT2D eigenvalue weighted by molar-refractivity contribution is -0.148. The Bertz CT molecular complexity index is 366. The minimum atomic E-state index is -0.159. The van der Waals surface area contributed by atoms with Crippen LogP contribution in [0.15, 0.2) is 17.5 Å². The zero-order valence-electron chi connectivity index (χ0n) is 10.6. The summed E-state index contributed by atoms with van der Waals surface area (Å²) in [5, 5.41) is 5.29. The quantitative estimate of drug-likeness (QED) is 0.794. The first-order valence-electron chi connectivity index (χ1n) is 6.31. The van der Waals surface area contributed by atoms with Crippen LogP contribution in [0, 0.1) is 5.92 Å². The third kappa shape index (κ3) is 3.54. The maximum atomic E-state index is 11.9. The van der Waals surface area contributed by atoms with E-state index in [1.54, 1.807) is 11.3 Å². The molecule has 100 valence electrons. The average molecular weight is 269 g/mol. The van der Waals surface area contributed by atoms with Gasteiger partial charge in [0.25, 0.3) is 0 Å². The second-order valence-corrected chi connectivity index (χ2v) is 5.34. The molecule has 1 aromatic rings. The number of rotatable bonds is 6. The van der Waals surface area contributed by atoms with E-state index in [2.05, 4.69) is 11.4 Å². The van der Waals surface area contributed by atoms with Crippen molar-refractivity contribution >= 4 is 17.3 Å². The molecule has 0 saturated carbocycles. The van der Waals surface area contributed by atoms with Crippen LogP contribution in [0.4, 0.5) is 0 Å². The smallest absolute Gasteiger partial charge is 0.312 e. The number of ether oxygens (including phenoxy) is 2. The molecule has 2 rings (SSSR count). The molecule has 1 saturated heterocycles. The van der Waals surface area contributed by atoms with Gasteiger partial charge in [-0.1, -0.05) is 13.0 Å². The summed E-state index contributed by atoms with van der Waals surface area (Å²) in [5.74, 6) is -0.303. The molecule has 1 aromatic heterocycles. The first-order chi connectivity index (χ1) is 8.81. The van der Waals surface area contributed by atoms with Crippen LogP contribution in [0.3, 0.4) is 0 Å². The van der Waals surface area contributed by atoms with Crippen molar-refractivity contribution < 1.29 is 14.3 Å². The zero-order chi connectivity index (χ0) is 12.8. The van der Waals surface area contributed by atoms with E-state index < -0.39 is 0 Å². The molecule has 1 fully saturated rings. The van der Waals surface area contributed by atoms with Crippen molar-refractivity contribution in [3.05, 3.63) is 22.4 Å². The van der Waals surface area contributed by atoms with E-state index in [0.717, 1.165) is 13.0 Å². The molecule has 0 spiro atoms. The molecule has 1 aliphatic rings. The Hall–Kier alpha value is -0.910. The third-order valence-electron chi connectivity index (χ3n) is 3.02. The highest BCUT2D eigenvalue weighted by Gasteiger charge is 2.34. The Morgan fingerprint density at radius 3 is 3.22 bits per heavy atom. The fourth-order valence-electron chi connectivity index (χ4n) is 2.06. The molecule has 0 aromatic carbocycles. The number of nitrogens with one attached hydrogen (secondary N) is 1. The maximum Gasteiger partial charge on any atom is 0.312 e. The van der Waals surface area contributed by atoms with Crippen LogP contribution >= 0.6 is 11.3 Å². The van der Waals surface area contributed by atoms with E-state index in [-0.39, 0.29) is 17.9 Å². The topological polar surface area (TPSA) is 47.6 Å². The monoisotopic (exact) mass is 269 g/mol. The van der Waals surface area contributed by atoms with Crippen LogP contribution in [0.25, 0.3) is 0 Å². The Labute approximate surface area is 111 Å². The van der Waals surface area contributed by atoms with E-state index in [0.29, 0.717) is 19.8 Å². The molecule has 18 heavy (non-hydrogen) atoms. The number of carbonyl (C=O) groups excluding carboxylic acids is 1. The first-order valence-corrected chi connectivity index (χ1v) is 7.19. The summed E-state index contributed by atoms with van der Waals surface area (Å²) < 4.78 is 10.7. The predicted octanol–water partition coefficient (Wildman–Crippen LogP) is 1.46. The van der Waals surface area contributed by atoms with Crippen molar-refractivity contribution in [1.82, 2.24) is 5.32 Å². The second kappa shape index (κ2) is 6.87. The molecule has 0 amide bonds. The van der Waals surface area contributed by atoms with Crippen molar-refractivity contribution in [2.45, 2.75) is 19.4 Å². The molecular formula is C13H19NO3S. The van der Waals surface area contributed by atoms with Gasteiger partial charge in [0.15, 0.2) is 0 Å². The van der Waals surface area contributed by atoms with Gasteiger partial charge < -0.3 is 14.8 Å². The van der Waals surface area contributed by atoms with Gasteiger partial charge in [-0.2, -0.15) is 0 Å². The highest BCUT2D eigenvalue weighted by atomic mass is 32.1. The van der Waals surface area contributed by atoms with E-state index in [4.69, 9.17) is 9.47 Å². The zero-order valence-corrected chi connectivity index (χ0v) is 11.4. The molecule has 4 nitrogen and oxygen atoms in total. The number of likely N-dealkylation sites (N-methyl/N-ethyl adjacent to an activating group) is 1. The molecule has 1 N–H and O–H groups in total. The standard InChI is InChI=1S/C13H19NO3S/c1-2-14-12-9-16-8-11(12)13(15)17-6-5-10-4-3-7-18-10/h3-4,7,11-12,14H,2,5-6,8-9H2,1H3. The normalized spacial score (nSPS) is 23.2. The van der Waals surface area contributed by atoms with Crippen LogP contribution in [0.1, 0.15) is 11.8 Å². The maximum absolute atomic E-state index is 11.9. The van der Waals surface area contributed by atoms with Crippen molar-refractivity contribution in [2.75, 3.05) is 26.4 Å². The lowest BCUT2D eigenvalue weighted by Crippen LogP contribution is -2.40. The third-order valence-corrected chi connectivity index (χ3v) is 3.96. The molecule has 2 unspecified atom stereocenters. The first kappa shape index (κ1) is 13.5. The fourth-order valence-corrected chi connectivity index (χ4v) is 2.75. The number of hydrogen-bond acceptors (Lipinski definition) is 5. The fraction of sp³-hybridized carbons (Fsp3) is 0.615. The highest BCUT2D eigenvalue weighted by molar-refractivity contribution is 7.09. The van der Waals surface area contributed by atoms with Crippen molar-refractivity contribution in [3.8, 4) is 0 Å². The number of thiophene rings is 1. The van der Waals surface area contributed by atoms with Gasteiger partial charge in [-0.15, -0.1) is 11.3 Å². The van der Waals surface area contributed by atoms with E-state index in [1.165, 1.54) is 4.88 Å². The number of esters is 1. The van der Waals surface area contributed by atoms with Gasteiger partial charge in [0.05, 0.1) is 25.7 Å². The summed E-state index contributed by atoms with van der Waals surface area (Å²) >= 11 is 1.69. The largest absolute Gasteiger partial charge is 0.465 e. The van der Waals surface area contributed by atoms with E-state index in [1.807, 2.05) is 18.4 Å². The van der Waals surface area contributed by atoms with Crippen LogP contribution in [0.2, 0.25) is 0 Å². The molecule has 0 aliphatic carbocycles. The molecule has 2 atom stereocenters. The van der Waals surface area contributed by atoms with Crippen LogP contribution in [-0.4, -0.2) is 38.4 Å². The summed E-state index contributed by atoms with van der Waals surface area (Å²) in [6.07, 6.45) is 0.795. The number of carbonyl (C=O) groups is 1. The van der Waals surface area contributed by atoms with Crippen LogP contribution in [0.5, 0.6) is 0 Å². The minimum absolute atomic E-state index is 0.101. The molecular weight excluding hydrogens is 250 g/mol. The SMILES string of the molecule is CCNC1COCC1C(=O)OCCc1cccs1. The Balaban J connectivity index is 1.73. The van der Waals surface area contributed by atoms with E-state index in [9.17, 15) is 4.79 Å². The van der Waals surface area contributed by atoms with Gasteiger partial charge in [-0.25, -0.2) is 0 Å². The van der Waals surface area contributed by atoms with Crippen LogP contribution in [-0.2, 0) is 20.7 Å². The Kier molecular flexibility index (Phi) is 5.16. The minimum Gasteiger partial charge on any atom is -0.465 e. The molecule has 0 radical (unpaired) electrons. The van der Waals surface area contributed by atoms with Crippen molar-refractivity contribution in [2.24, 2.45) is 5.92 Å². The molecule has 5 heteroatoms. The van der Waals surface area contributed by atoms with Gasteiger partial charge in [0.2, 0.25) is 0 Å². The Morgan fingerprint density at radius 1 is 1.61 bits per heavy atom. The lowest BCUT2D eigenvalue weighted by Gasteiger charge is -2.16. The number of hydrogen-bond donors (Lipinski definition) is 1. The van der Waals surface area contributed by atoms with Gasteiger partial charge in [0, 0.05) is 17.3 Å². The van der Waals surface area contributed by atoms with Crippen LogP contribution < -0.4 is 5.32 Å². The van der Waals surface area contributed by atoms with Gasteiger partial charge in [0.1, 0.15) is 0 Å². The Morgan fingerprint density at radius 2 is 2.50 bits per heavy atom. The lowest BCUT2D eigenvalue weighted by atomic mass is 10.0. The van der Waals surface area contributed by atoms with E-state index >= 15 is 0 Å². The van der Waals surface area contributed by atoms with Crippen molar-refractivity contribution in [1.29, 1.82) is 0 Å². The second-order valence-electron chi connectivity index (χ2n) is 4.30. The summed E-state index contributed by atoms with van der Waals surface area (Å²) in [5.41, 5.74) is 0. The summed E-state index contributed by atoms with van der Waals surface area (Å²) in [4.78, 5) is 13.2. The molecule has 2 heterocycles. The summed E-state index contributed by atoms with van der Waals surface area (Å²) in [6, 6.07) is 4.16. The predicted molar refractivity (Wildman–Crippen MR) is 70.8 cm³/mol. The van der Waals surface area contributed by atoms with Gasteiger partial charge >= 0.3 is 5.97 Å². The summed E-state index contributed by atoms with van der Waals surface area (Å²) in [7, 11) is 0. The highest BCUT2D eigenvalue weighted by Crippen LogP contribution is 2.16. The average Bonchev–Trinajstić information content (AvgIpc) is 3.00. The van der Waals surface area contributed by atoms with Gasteiger partial charge in [-0.05, 0) is 18.0 Å². The van der Waals surface area contributed by atoms with Crippen molar-refractivity contribution in [3.63, 3.8) is 0 Å². The molecule has 1 aliphatic heterocycles. The van der Waals surface area contributed by atoms with Gasteiger partial charge in [-0.3, -0.25) is 4.79 Å². The molecule has 0 bridgehead atoms.